The highest BCUT2D eigenvalue weighted by molar-refractivity contribution is 7.16. The zero-order chi connectivity index (χ0) is 19.0. The van der Waals surface area contributed by atoms with Crippen molar-refractivity contribution in [2.24, 2.45) is 0 Å². The fraction of sp³-hybridized carbons (Fsp3) is 0.300. The number of halogens is 1. The first-order chi connectivity index (χ1) is 13.0. The molecule has 1 aliphatic rings. The molecule has 1 amide bonds. The van der Waals surface area contributed by atoms with E-state index in [-0.39, 0.29) is 17.1 Å². The molecule has 0 aliphatic carbocycles. The van der Waals surface area contributed by atoms with Crippen LogP contribution in [0.15, 0.2) is 45.6 Å². The molecule has 3 aromatic rings. The lowest BCUT2D eigenvalue weighted by Gasteiger charge is -2.34. The second-order valence-corrected chi connectivity index (χ2v) is 8.55. The average Bonchev–Trinajstić information content (AvgIpc) is 3.07. The number of carbonyl (C=O) groups excluding carboxylic acids is 1. The summed E-state index contributed by atoms with van der Waals surface area (Å²) in [5, 5.41) is 0.506. The molecule has 0 atom stereocenters. The predicted molar refractivity (Wildman–Crippen MR) is 108 cm³/mol. The molecule has 1 fully saturated rings. The summed E-state index contributed by atoms with van der Waals surface area (Å²) in [6.07, 6.45) is 0. The van der Waals surface area contributed by atoms with Crippen LogP contribution in [0.2, 0.25) is 4.34 Å². The molecule has 140 valence electrons. The summed E-state index contributed by atoms with van der Waals surface area (Å²) in [7, 11) is 0. The van der Waals surface area contributed by atoms with Crippen LogP contribution in [0, 0.1) is 6.92 Å². The van der Waals surface area contributed by atoms with Crippen LogP contribution < -0.4 is 5.43 Å². The van der Waals surface area contributed by atoms with Crippen LogP contribution in [0.1, 0.15) is 21.0 Å². The summed E-state index contributed by atoms with van der Waals surface area (Å²) in [5.74, 6) is -0.122. The Labute approximate surface area is 165 Å². The van der Waals surface area contributed by atoms with Gasteiger partial charge in [0.15, 0.2) is 11.2 Å². The molecule has 5 nitrogen and oxygen atoms in total. The number of carbonyl (C=O) groups is 1. The van der Waals surface area contributed by atoms with Gasteiger partial charge in [-0.25, -0.2) is 0 Å². The monoisotopic (exact) mass is 402 g/mol. The van der Waals surface area contributed by atoms with Gasteiger partial charge in [-0.2, -0.15) is 0 Å². The van der Waals surface area contributed by atoms with Gasteiger partial charge in [-0.15, -0.1) is 11.3 Å². The molecular weight excluding hydrogens is 384 g/mol. The van der Waals surface area contributed by atoms with E-state index in [4.69, 9.17) is 16.0 Å². The van der Waals surface area contributed by atoms with Crippen molar-refractivity contribution < 1.29 is 9.21 Å². The second kappa shape index (κ2) is 7.46. The third kappa shape index (κ3) is 3.93. The maximum atomic E-state index is 12.8. The quantitative estimate of drug-likeness (QED) is 0.669. The van der Waals surface area contributed by atoms with Crippen molar-refractivity contribution in [2.75, 3.05) is 26.2 Å². The fourth-order valence-electron chi connectivity index (χ4n) is 3.30. The van der Waals surface area contributed by atoms with E-state index < -0.39 is 0 Å². The lowest BCUT2D eigenvalue weighted by molar-refractivity contribution is 0.0599. The molecule has 2 aromatic heterocycles. The number of nitrogens with zero attached hydrogens (tertiary/aromatic N) is 2. The summed E-state index contributed by atoms with van der Waals surface area (Å²) in [5.41, 5.74) is 1.25. The van der Waals surface area contributed by atoms with Crippen LogP contribution in [0.25, 0.3) is 11.0 Å². The van der Waals surface area contributed by atoms with E-state index in [2.05, 4.69) is 4.90 Å². The molecule has 4 rings (SSSR count). The summed E-state index contributed by atoms with van der Waals surface area (Å²) in [4.78, 5) is 30.4. The molecule has 27 heavy (non-hydrogen) atoms. The maximum absolute atomic E-state index is 12.8. The van der Waals surface area contributed by atoms with Crippen molar-refractivity contribution in [3.05, 3.63) is 67.2 Å². The lowest BCUT2D eigenvalue weighted by Crippen LogP contribution is -2.48. The van der Waals surface area contributed by atoms with Gasteiger partial charge in [-0.3, -0.25) is 14.5 Å². The third-order valence-electron chi connectivity index (χ3n) is 4.76. The van der Waals surface area contributed by atoms with Gasteiger partial charge in [0.25, 0.3) is 5.91 Å². The van der Waals surface area contributed by atoms with E-state index in [1.807, 2.05) is 25.1 Å². The highest BCUT2D eigenvalue weighted by Gasteiger charge is 2.24. The number of rotatable bonds is 3. The predicted octanol–water partition coefficient (Wildman–Crippen LogP) is 3.77. The van der Waals surface area contributed by atoms with Crippen molar-refractivity contribution >= 4 is 39.8 Å². The maximum Gasteiger partial charge on any atom is 0.289 e. The Balaban J connectivity index is 1.45. The molecule has 3 heterocycles. The smallest absolute Gasteiger partial charge is 0.289 e. The van der Waals surface area contributed by atoms with Gasteiger partial charge in [-0.1, -0.05) is 23.2 Å². The Morgan fingerprint density at radius 3 is 2.63 bits per heavy atom. The zero-order valence-electron chi connectivity index (χ0n) is 14.9. The lowest BCUT2D eigenvalue weighted by atomic mass is 10.1. The molecule has 1 aliphatic heterocycles. The summed E-state index contributed by atoms with van der Waals surface area (Å²) < 4.78 is 6.51. The topological polar surface area (TPSA) is 53.8 Å². The number of piperazine rings is 1. The Hall–Kier alpha value is -2.15. The fourth-order valence-corrected chi connectivity index (χ4v) is 4.43. The number of hydrogen-bond acceptors (Lipinski definition) is 5. The van der Waals surface area contributed by atoms with Crippen molar-refractivity contribution in [3.8, 4) is 0 Å². The van der Waals surface area contributed by atoms with Gasteiger partial charge in [0.1, 0.15) is 5.58 Å². The van der Waals surface area contributed by atoms with E-state index in [9.17, 15) is 9.59 Å². The first-order valence-electron chi connectivity index (χ1n) is 8.80. The molecule has 0 bridgehead atoms. The number of amides is 1. The van der Waals surface area contributed by atoms with Crippen LogP contribution in [0.5, 0.6) is 0 Å². The van der Waals surface area contributed by atoms with Gasteiger partial charge in [0.05, 0.1) is 9.72 Å². The molecular formula is C20H19ClN2O3S. The summed E-state index contributed by atoms with van der Waals surface area (Å²) in [6, 6.07) is 10.7. The van der Waals surface area contributed by atoms with Crippen molar-refractivity contribution in [1.29, 1.82) is 0 Å². The van der Waals surface area contributed by atoms with Crippen molar-refractivity contribution in [2.45, 2.75) is 13.5 Å². The standard InChI is InChI=1S/C20H19ClN2O3S/c1-13-2-4-17-15(10-13)16(24)11-18(26-17)20(25)23-8-6-22(7-9-23)12-14-3-5-19(21)27-14/h2-5,10-11H,6-9,12H2,1H3. The van der Waals surface area contributed by atoms with Crippen LogP contribution >= 0.6 is 22.9 Å². The molecule has 0 radical (unpaired) electrons. The van der Waals surface area contributed by atoms with Crippen LogP contribution in [-0.4, -0.2) is 41.9 Å². The highest BCUT2D eigenvalue weighted by Crippen LogP contribution is 2.23. The first-order valence-corrected chi connectivity index (χ1v) is 9.99. The van der Waals surface area contributed by atoms with Gasteiger partial charge < -0.3 is 9.32 Å². The Bertz CT molecular complexity index is 1050. The summed E-state index contributed by atoms with van der Waals surface area (Å²) in [6.45, 7) is 5.52. The van der Waals surface area contributed by atoms with E-state index >= 15 is 0 Å². The zero-order valence-corrected chi connectivity index (χ0v) is 16.5. The van der Waals surface area contributed by atoms with Gasteiger partial charge in [0.2, 0.25) is 0 Å². The minimum atomic E-state index is -0.228. The van der Waals surface area contributed by atoms with E-state index in [0.717, 1.165) is 29.5 Å². The van der Waals surface area contributed by atoms with Crippen LogP contribution in [0.4, 0.5) is 0 Å². The van der Waals surface area contributed by atoms with Crippen molar-refractivity contribution in [1.82, 2.24) is 9.80 Å². The van der Waals surface area contributed by atoms with E-state index in [1.54, 1.807) is 28.4 Å². The highest BCUT2D eigenvalue weighted by atomic mass is 35.5. The molecule has 1 saturated heterocycles. The molecule has 0 N–H and O–H groups in total. The number of benzene rings is 1. The average molecular weight is 403 g/mol. The second-order valence-electron chi connectivity index (χ2n) is 6.75. The minimum absolute atomic E-state index is 0.106. The number of fused-ring (bicyclic) bond motifs is 1. The molecule has 0 unspecified atom stereocenters. The van der Waals surface area contributed by atoms with Gasteiger partial charge in [-0.05, 0) is 31.2 Å². The molecule has 1 aromatic carbocycles. The molecule has 0 saturated carbocycles. The minimum Gasteiger partial charge on any atom is -0.451 e. The first kappa shape index (κ1) is 18.2. The van der Waals surface area contributed by atoms with Gasteiger partial charge >= 0.3 is 0 Å². The third-order valence-corrected chi connectivity index (χ3v) is 5.98. The van der Waals surface area contributed by atoms with E-state index in [0.29, 0.717) is 24.1 Å². The van der Waals surface area contributed by atoms with Crippen LogP contribution in [0.3, 0.4) is 0 Å². The van der Waals surface area contributed by atoms with E-state index in [1.165, 1.54) is 10.9 Å². The summed E-state index contributed by atoms with van der Waals surface area (Å²) >= 11 is 7.57. The Kier molecular flexibility index (Phi) is 5.04. The number of aryl methyl sites for hydroxylation is 1. The number of thiophene rings is 1. The van der Waals surface area contributed by atoms with Crippen molar-refractivity contribution in [3.63, 3.8) is 0 Å². The van der Waals surface area contributed by atoms with Crippen LogP contribution in [-0.2, 0) is 6.54 Å². The molecule has 0 spiro atoms. The SMILES string of the molecule is Cc1ccc2oc(C(=O)N3CCN(Cc4ccc(Cl)s4)CC3)cc(=O)c2c1. The number of hydrogen-bond donors (Lipinski definition) is 0. The molecule has 7 heteroatoms. The largest absolute Gasteiger partial charge is 0.451 e. The van der Waals surface area contributed by atoms with Gasteiger partial charge in [0, 0.05) is 43.7 Å². The normalized spacial score (nSPS) is 15.4. The Morgan fingerprint density at radius 1 is 1.15 bits per heavy atom. The Morgan fingerprint density at radius 2 is 1.93 bits per heavy atom.